The summed E-state index contributed by atoms with van der Waals surface area (Å²) in [5.74, 6) is 0.522. The van der Waals surface area contributed by atoms with Crippen LogP contribution in [0.15, 0.2) is 16.5 Å². The zero-order chi connectivity index (χ0) is 9.56. The van der Waals surface area contributed by atoms with Crippen molar-refractivity contribution in [3.8, 4) is 0 Å². The van der Waals surface area contributed by atoms with Crippen molar-refractivity contribution < 1.29 is 13.9 Å². The molecule has 0 bridgehead atoms. The second kappa shape index (κ2) is 5.41. The van der Waals surface area contributed by atoms with E-state index in [1.807, 2.05) is 13.8 Å². The summed E-state index contributed by atoms with van der Waals surface area (Å²) >= 11 is 0. The number of carbonyl (C=O) groups excluding carboxylic acids is 1. The second-order valence-corrected chi connectivity index (χ2v) is 1.90. The van der Waals surface area contributed by atoms with Crippen molar-refractivity contribution in [3.05, 3.63) is 23.7 Å². The molecule has 3 nitrogen and oxygen atoms in total. The Morgan fingerprint density at radius 1 is 1.42 bits per heavy atom. The lowest BCUT2D eigenvalue weighted by atomic mass is 10.4. The third-order valence-corrected chi connectivity index (χ3v) is 1.13. The van der Waals surface area contributed by atoms with Gasteiger partial charge in [-0.1, -0.05) is 13.8 Å². The molecule has 0 amide bonds. The molecule has 0 spiro atoms. The van der Waals surface area contributed by atoms with Crippen LogP contribution in [0.5, 0.6) is 0 Å². The van der Waals surface area contributed by atoms with Gasteiger partial charge in [0.2, 0.25) is 5.76 Å². The molecule has 0 aliphatic heterocycles. The molecule has 0 unspecified atom stereocenters. The molecule has 1 aromatic heterocycles. The average Bonchev–Trinajstić information content (AvgIpc) is 2.54. The molecule has 1 heterocycles. The fourth-order valence-electron chi connectivity index (χ4n) is 0.645. The van der Waals surface area contributed by atoms with Crippen LogP contribution in [0.3, 0.4) is 0 Å². The largest absolute Gasteiger partial charge is 0.463 e. The summed E-state index contributed by atoms with van der Waals surface area (Å²) in [7, 11) is 1.32. The molecule has 0 atom stereocenters. The molecular weight excluding hydrogens is 156 g/mol. The van der Waals surface area contributed by atoms with Gasteiger partial charge in [0.25, 0.3) is 0 Å². The number of rotatable bonds is 1. The predicted molar refractivity (Wildman–Crippen MR) is 46.1 cm³/mol. The highest BCUT2D eigenvalue weighted by Crippen LogP contribution is 2.06. The fourth-order valence-corrected chi connectivity index (χ4v) is 0.645. The van der Waals surface area contributed by atoms with Gasteiger partial charge >= 0.3 is 5.97 Å². The molecule has 68 valence electrons. The van der Waals surface area contributed by atoms with Crippen molar-refractivity contribution >= 4 is 5.97 Å². The first-order valence-corrected chi connectivity index (χ1v) is 3.89. The van der Waals surface area contributed by atoms with Gasteiger partial charge < -0.3 is 9.15 Å². The van der Waals surface area contributed by atoms with Gasteiger partial charge in [0.1, 0.15) is 5.76 Å². The number of hydrogen-bond acceptors (Lipinski definition) is 3. The first kappa shape index (κ1) is 10.8. The standard InChI is InChI=1S/C7H8O3.C2H6/c1-5-3-4-6(10-5)7(8)9-2;1-2/h3-4H,1-2H3;1-2H3. The Morgan fingerprint density at radius 3 is 2.33 bits per heavy atom. The summed E-state index contributed by atoms with van der Waals surface area (Å²) in [6.45, 7) is 5.77. The lowest BCUT2D eigenvalue weighted by molar-refractivity contribution is 0.0563. The van der Waals surface area contributed by atoms with Gasteiger partial charge in [-0.3, -0.25) is 0 Å². The third kappa shape index (κ3) is 2.78. The topological polar surface area (TPSA) is 39.4 Å². The van der Waals surface area contributed by atoms with Crippen LogP contribution >= 0.6 is 0 Å². The van der Waals surface area contributed by atoms with Crippen LogP contribution in [0.4, 0.5) is 0 Å². The van der Waals surface area contributed by atoms with Gasteiger partial charge in [0, 0.05) is 0 Å². The van der Waals surface area contributed by atoms with Crippen LogP contribution in [0.25, 0.3) is 0 Å². The minimum atomic E-state index is -0.437. The highest BCUT2D eigenvalue weighted by Gasteiger charge is 2.07. The molecule has 12 heavy (non-hydrogen) atoms. The van der Waals surface area contributed by atoms with E-state index in [0.29, 0.717) is 5.76 Å². The Hall–Kier alpha value is -1.25. The normalized spacial score (nSPS) is 8.33. The number of carbonyl (C=O) groups is 1. The van der Waals surface area contributed by atoms with Gasteiger partial charge in [-0.2, -0.15) is 0 Å². The maximum Gasteiger partial charge on any atom is 0.373 e. The monoisotopic (exact) mass is 170 g/mol. The van der Waals surface area contributed by atoms with Crippen LogP contribution in [-0.4, -0.2) is 13.1 Å². The highest BCUT2D eigenvalue weighted by atomic mass is 16.5. The predicted octanol–water partition coefficient (Wildman–Crippen LogP) is 2.40. The zero-order valence-electron chi connectivity index (χ0n) is 7.88. The van der Waals surface area contributed by atoms with E-state index in [-0.39, 0.29) is 5.76 Å². The molecule has 0 fully saturated rings. The van der Waals surface area contributed by atoms with E-state index in [9.17, 15) is 4.79 Å². The lowest BCUT2D eigenvalue weighted by Gasteiger charge is -1.90. The number of aryl methyl sites for hydroxylation is 1. The van der Waals surface area contributed by atoms with E-state index < -0.39 is 5.97 Å². The van der Waals surface area contributed by atoms with Gasteiger partial charge in [-0.15, -0.1) is 0 Å². The van der Waals surface area contributed by atoms with E-state index in [0.717, 1.165) is 0 Å². The SMILES string of the molecule is CC.COC(=O)c1ccc(C)o1. The molecule has 1 rings (SSSR count). The molecule has 0 saturated heterocycles. The Bertz CT molecular complexity index is 238. The van der Waals surface area contributed by atoms with Crippen LogP contribution in [-0.2, 0) is 4.74 Å². The van der Waals surface area contributed by atoms with E-state index >= 15 is 0 Å². The summed E-state index contributed by atoms with van der Waals surface area (Å²) in [5.41, 5.74) is 0. The molecule has 0 saturated carbocycles. The first-order chi connectivity index (χ1) is 5.74. The minimum absolute atomic E-state index is 0.250. The quantitative estimate of drug-likeness (QED) is 0.607. The summed E-state index contributed by atoms with van der Waals surface area (Å²) in [6.07, 6.45) is 0. The molecule has 3 heteroatoms. The lowest BCUT2D eigenvalue weighted by Crippen LogP contribution is -1.97. The van der Waals surface area contributed by atoms with Crippen molar-refractivity contribution in [2.45, 2.75) is 20.8 Å². The molecule has 0 aliphatic rings. The number of furan rings is 1. The Labute approximate surface area is 72.3 Å². The van der Waals surface area contributed by atoms with E-state index in [2.05, 4.69) is 4.74 Å². The van der Waals surface area contributed by atoms with Crippen LogP contribution < -0.4 is 0 Å². The van der Waals surface area contributed by atoms with E-state index in [1.54, 1.807) is 19.1 Å². The third-order valence-electron chi connectivity index (χ3n) is 1.13. The van der Waals surface area contributed by atoms with Gasteiger partial charge in [0.15, 0.2) is 0 Å². The molecular formula is C9H14O3. The van der Waals surface area contributed by atoms with Crippen LogP contribution in [0.1, 0.15) is 30.2 Å². The molecule has 0 aromatic carbocycles. The van der Waals surface area contributed by atoms with Crippen LogP contribution in [0.2, 0.25) is 0 Å². The maximum atomic E-state index is 10.7. The summed E-state index contributed by atoms with van der Waals surface area (Å²) < 4.78 is 9.38. The van der Waals surface area contributed by atoms with E-state index in [4.69, 9.17) is 4.42 Å². The molecule has 0 N–H and O–H groups in total. The molecule has 0 radical (unpaired) electrons. The minimum Gasteiger partial charge on any atom is -0.463 e. The number of hydrogen-bond donors (Lipinski definition) is 0. The van der Waals surface area contributed by atoms with Gasteiger partial charge in [-0.05, 0) is 19.1 Å². The second-order valence-electron chi connectivity index (χ2n) is 1.90. The maximum absolute atomic E-state index is 10.7. The number of ether oxygens (including phenoxy) is 1. The Kier molecular flexibility index (Phi) is 4.84. The smallest absolute Gasteiger partial charge is 0.373 e. The Morgan fingerprint density at radius 2 is 2.00 bits per heavy atom. The fraction of sp³-hybridized carbons (Fsp3) is 0.444. The summed E-state index contributed by atoms with van der Waals surface area (Å²) in [4.78, 5) is 10.7. The van der Waals surface area contributed by atoms with Crippen molar-refractivity contribution in [1.29, 1.82) is 0 Å². The van der Waals surface area contributed by atoms with Crippen molar-refractivity contribution in [2.75, 3.05) is 7.11 Å². The average molecular weight is 170 g/mol. The summed E-state index contributed by atoms with van der Waals surface area (Å²) in [5, 5.41) is 0. The summed E-state index contributed by atoms with van der Waals surface area (Å²) in [6, 6.07) is 3.30. The van der Waals surface area contributed by atoms with Crippen molar-refractivity contribution in [1.82, 2.24) is 0 Å². The number of methoxy groups -OCH3 is 1. The van der Waals surface area contributed by atoms with Crippen molar-refractivity contribution in [2.24, 2.45) is 0 Å². The Balaban J connectivity index is 0.000000561. The van der Waals surface area contributed by atoms with Crippen LogP contribution in [0, 0.1) is 6.92 Å². The van der Waals surface area contributed by atoms with E-state index in [1.165, 1.54) is 7.11 Å². The molecule has 0 aliphatic carbocycles. The van der Waals surface area contributed by atoms with Crippen molar-refractivity contribution in [3.63, 3.8) is 0 Å². The van der Waals surface area contributed by atoms with Gasteiger partial charge in [-0.25, -0.2) is 4.79 Å². The number of esters is 1. The first-order valence-electron chi connectivity index (χ1n) is 3.89. The highest BCUT2D eigenvalue weighted by molar-refractivity contribution is 5.86. The molecule has 1 aromatic rings. The zero-order valence-corrected chi connectivity index (χ0v) is 7.88. The van der Waals surface area contributed by atoms with Gasteiger partial charge in [0.05, 0.1) is 7.11 Å².